The maximum absolute atomic E-state index is 12.8. The molecule has 3 rings (SSSR count). The van der Waals surface area contributed by atoms with Gasteiger partial charge in [0, 0.05) is 6.54 Å². The van der Waals surface area contributed by atoms with E-state index in [9.17, 15) is 9.59 Å². The summed E-state index contributed by atoms with van der Waals surface area (Å²) in [6.45, 7) is 6.23. The largest absolute Gasteiger partial charge is 0.468 e. The van der Waals surface area contributed by atoms with Crippen LogP contribution in [-0.2, 0) is 4.79 Å². The lowest BCUT2D eigenvalue weighted by Crippen LogP contribution is -2.51. The first-order valence-corrected chi connectivity index (χ1v) is 9.96. The van der Waals surface area contributed by atoms with Crippen molar-refractivity contribution in [3.05, 3.63) is 48.3 Å². The van der Waals surface area contributed by atoms with Crippen LogP contribution in [0.1, 0.15) is 55.5 Å². The normalized spacial score (nSPS) is 17.2. The lowest BCUT2D eigenvalue weighted by molar-refractivity contribution is -0.124. The summed E-state index contributed by atoms with van der Waals surface area (Å²) in [7, 11) is 0. The van der Waals surface area contributed by atoms with E-state index >= 15 is 0 Å². The number of rotatable bonds is 8. The number of likely N-dealkylation sites (tertiary alicyclic amines) is 1. The summed E-state index contributed by atoms with van der Waals surface area (Å²) in [5.41, 5.74) is 0. The summed E-state index contributed by atoms with van der Waals surface area (Å²) in [6.07, 6.45) is 6.64. The van der Waals surface area contributed by atoms with Crippen LogP contribution in [0.4, 0.5) is 0 Å². The fraction of sp³-hybridized carbons (Fsp3) is 0.524. The number of hydrogen-bond donors (Lipinski definition) is 2. The Morgan fingerprint density at radius 2 is 1.79 bits per heavy atom. The van der Waals surface area contributed by atoms with E-state index in [0.29, 0.717) is 6.54 Å². The number of amides is 2. The van der Waals surface area contributed by atoms with E-state index in [0.717, 1.165) is 31.7 Å². The van der Waals surface area contributed by atoms with Crippen LogP contribution in [0.15, 0.2) is 45.6 Å². The Hall–Kier alpha value is -2.54. The Morgan fingerprint density at radius 1 is 1.07 bits per heavy atom. The summed E-state index contributed by atoms with van der Waals surface area (Å²) in [5.74, 6) is 0.389. The fourth-order valence-corrected chi connectivity index (χ4v) is 3.58. The van der Waals surface area contributed by atoms with Gasteiger partial charge < -0.3 is 19.5 Å². The summed E-state index contributed by atoms with van der Waals surface area (Å²) < 4.78 is 10.7. The molecule has 0 aliphatic carbocycles. The Kier molecular flexibility index (Phi) is 6.92. The number of nitrogens with zero attached hydrogens (tertiary/aromatic N) is 1. The molecule has 2 amide bonds. The van der Waals surface area contributed by atoms with E-state index in [1.807, 2.05) is 26.0 Å². The van der Waals surface area contributed by atoms with Gasteiger partial charge in [0.2, 0.25) is 5.91 Å². The number of carbonyl (C=O) groups is 2. The van der Waals surface area contributed by atoms with Crippen molar-refractivity contribution in [2.24, 2.45) is 5.92 Å². The van der Waals surface area contributed by atoms with E-state index in [1.54, 1.807) is 18.4 Å². The zero-order valence-electron chi connectivity index (χ0n) is 16.5. The van der Waals surface area contributed by atoms with Crippen LogP contribution in [0.25, 0.3) is 0 Å². The minimum Gasteiger partial charge on any atom is -0.468 e. The Labute approximate surface area is 165 Å². The molecule has 0 saturated carbocycles. The number of nitrogens with one attached hydrogen (secondary N) is 2. The maximum atomic E-state index is 12.8. The second kappa shape index (κ2) is 9.59. The predicted molar refractivity (Wildman–Crippen MR) is 105 cm³/mol. The molecule has 3 heterocycles. The smallest absolute Gasteiger partial charge is 0.287 e. The SMILES string of the molecule is CC(C)[C@@H](NC(=O)c1ccco1)C(=O)NC[C@H](c1ccco1)N1CCCCC1. The van der Waals surface area contributed by atoms with E-state index in [4.69, 9.17) is 8.83 Å². The average molecular weight is 387 g/mol. The van der Waals surface area contributed by atoms with Crippen LogP contribution in [0.3, 0.4) is 0 Å². The third-order valence-corrected chi connectivity index (χ3v) is 5.15. The van der Waals surface area contributed by atoms with Gasteiger partial charge in [-0.1, -0.05) is 20.3 Å². The van der Waals surface area contributed by atoms with Crippen LogP contribution in [-0.4, -0.2) is 42.4 Å². The highest BCUT2D eigenvalue weighted by Crippen LogP contribution is 2.24. The molecule has 1 aliphatic rings. The van der Waals surface area contributed by atoms with Gasteiger partial charge in [0.25, 0.3) is 5.91 Å². The van der Waals surface area contributed by atoms with Gasteiger partial charge in [0.05, 0.1) is 18.6 Å². The lowest BCUT2D eigenvalue weighted by atomic mass is 10.0. The van der Waals surface area contributed by atoms with Crippen molar-refractivity contribution in [1.29, 1.82) is 0 Å². The van der Waals surface area contributed by atoms with Gasteiger partial charge in [-0.25, -0.2) is 0 Å². The molecule has 7 nitrogen and oxygen atoms in total. The lowest BCUT2D eigenvalue weighted by Gasteiger charge is -2.34. The van der Waals surface area contributed by atoms with Gasteiger partial charge in [0.15, 0.2) is 5.76 Å². The van der Waals surface area contributed by atoms with Crippen LogP contribution < -0.4 is 10.6 Å². The monoisotopic (exact) mass is 387 g/mol. The van der Waals surface area contributed by atoms with Crippen molar-refractivity contribution >= 4 is 11.8 Å². The second-order valence-electron chi connectivity index (χ2n) is 7.55. The van der Waals surface area contributed by atoms with Crippen LogP contribution in [0.2, 0.25) is 0 Å². The highest BCUT2D eigenvalue weighted by Gasteiger charge is 2.29. The summed E-state index contributed by atoms with van der Waals surface area (Å²) >= 11 is 0. The molecule has 1 aliphatic heterocycles. The van der Waals surface area contributed by atoms with E-state index in [2.05, 4.69) is 15.5 Å². The zero-order valence-corrected chi connectivity index (χ0v) is 16.5. The maximum Gasteiger partial charge on any atom is 0.287 e. The van der Waals surface area contributed by atoms with Crippen molar-refractivity contribution in [1.82, 2.24) is 15.5 Å². The third-order valence-electron chi connectivity index (χ3n) is 5.15. The van der Waals surface area contributed by atoms with Gasteiger partial charge in [-0.15, -0.1) is 0 Å². The standard InChI is InChI=1S/C21H29N3O4/c1-15(2)19(23-20(25)18-9-7-13-28-18)21(26)22-14-16(17-8-6-12-27-17)24-10-4-3-5-11-24/h6-9,12-13,15-16,19H,3-5,10-11,14H2,1-2H3,(H,22,26)(H,23,25)/t16-,19-/m1/s1. The number of hydrogen-bond acceptors (Lipinski definition) is 5. The first-order valence-electron chi connectivity index (χ1n) is 9.96. The molecule has 0 unspecified atom stereocenters. The molecule has 1 fully saturated rings. The summed E-state index contributed by atoms with van der Waals surface area (Å²) in [4.78, 5) is 27.5. The molecule has 2 aromatic heterocycles. The Morgan fingerprint density at radius 3 is 2.39 bits per heavy atom. The third kappa shape index (κ3) is 5.04. The Balaban J connectivity index is 1.63. The molecular weight excluding hydrogens is 358 g/mol. The minimum absolute atomic E-state index is 0.00663. The first kappa shape index (κ1) is 20.2. The fourth-order valence-electron chi connectivity index (χ4n) is 3.58. The zero-order chi connectivity index (χ0) is 19.9. The van der Waals surface area contributed by atoms with E-state index < -0.39 is 11.9 Å². The van der Waals surface area contributed by atoms with Crippen molar-refractivity contribution in [3.8, 4) is 0 Å². The molecule has 7 heteroatoms. The molecule has 0 radical (unpaired) electrons. The highest BCUT2D eigenvalue weighted by atomic mass is 16.3. The van der Waals surface area contributed by atoms with Gasteiger partial charge >= 0.3 is 0 Å². The van der Waals surface area contributed by atoms with Gasteiger partial charge in [0.1, 0.15) is 11.8 Å². The van der Waals surface area contributed by atoms with Crippen molar-refractivity contribution in [2.75, 3.05) is 19.6 Å². The quantitative estimate of drug-likeness (QED) is 0.727. The minimum atomic E-state index is -0.642. The summed E-state index contributed by atoms with van der Waals surface area (Å²) in [6, 6.07) is 6.39. The van der Waals surface area contributed by atoms with Gasteiger partial charge in [-0.3, -0.25) is 14.5 Å². The van der Waals surface area contributed by atoms with Crippen LogP contribution in [0, 0.1) is 5.92 Å². The molecule has 0 bridgehead atoms. The molecule has 0 aromatic carbocycles. The molecule has 2 atom stereocenters. The molecule has 0 spiro atoms. The number of carbonyl (C=O) groups excluding carboxylic acids is 2. The van der Waals surface area contributed by atoms with Crippen molar-refractivity contribution < 1.29 is 18.4 Å². The highest BCUT2D eigenvalue weighted by molar-refractivity contribution is 5.95. The van der Waals surface area contributed by atoms with Crippen LogP contribution >= 0.6 is 0 Å². The summed E-state index contributed by atoms with van der Waals surface area (Å²) in [5, 5.41) is 5.79. The molecule has 1 saturated heterocycles. The average Bonchev–Trinajstić information content (AvgIpc) is 3.40. The van der Waals surface area contributed by atoms with Crippen molar-refractivity contribution in [3.63, 3.8) is 0 Å². The van der Waals surface area contributed by atoms with E-state index in [1.165, 1.54) is 12.7 Å². The van der Waals surface area contributed by atoms with Crippen molar-refractivity contribution in [2.45, 2.75) is 45.2 Å². The first-order chi connectivity index (χ1) is 13.6. The molecule has 2 aromatic rings. The van der Waals surface area contributed by atoms with Crippen LogP contribution in [0.5, 0.6) is 0 Å². The van der Waals surface area contributed by atoms with Gasteiger partial charge in [-0.2, -0.15) is 0 Å². The molecular formula is C21H29N3O4. The molecule has 2 N–H and O–H groups in total. The Bertz CT molecular complexity index is 734. The molecule has 152 valence electrons. The number of piperidine rings is 1. The molecule has 28 heavy (non-hydrogen) atoms. The van der Waals surface area contributed by atoms with E-state index in [-0.39, 0.29) is 23.6 Å². The predicted octanol–water partition coefficient (Wildman–Crippen LogP) is 2.97. The van der Waals surface area contributed by atoms with Gasteiger partial charge in [-0.05, 0) is 56.1 Å². The topological polar surface area (TPSA) is 87.7 Å². The number of furan rings is 2. The second-order valence-corrected chi connectivity index (χ2v) is 7.55.